The number of hydrogen-bond donors (Lipinski definition) is 1. The van der Waals surface area contributed by atoms with Crippen molar-refractivity contribution >= 4 is 11.5 Å². The number of aromatic nitrogens is 5. The van der Waals surface area contributed by atoms with Crippen molar-refractivity contribution in [3.8, 4) is 22.6 Å². The van der Waals surface area contributed by atoms with Gasteiger partial charge in [0.1, 0.15) is 17.9 Å². The van der Waals surface area contributed by atoms with Crippen molar-refractivity contribution < 1.29 is 18.6 Å². The Hall–Kier alpha value is -3.66. The van der Waals surface area contributed by atoms with E-state index in [9.17, 15) is 4.39 Å². The van der Waals surface area contributed by atoms with Crippen LogP contribution < -0.4 is 14.8 Å². The molecule has 0 spiro atoms. The third-order valence-corrected chi connectivity index (χ3v) is 5.99. The molecule has 0 amide bonds. The fourth-order valence-corrected chi connectivity index (χ4v) is 4.41. The van der Waals surface area contributed by atoms with Crippen molar-refractivity contribution in [1.82, 2.24) is 24.4 Å². The molecule has 1 N–H and O–H groups in total. The molecule has 32 heavy (non-hydrogen) atoms. The topological polar surface area (TPSA) is 87.7 Å². The maximum absolute atomic E-state index is 14.7. The molecule has 1 aromatic carbocycles. The fourth-order valence-electron chi connectivity index (χ4n) is 4.41. The highest BCUT2D eigenvalue weighted by Gasteiger charge is 2.31. The summed E-state index contributed by atoms with van der Waals surface area (Å²) in [4.78, 5) is 0. The number of fused-ring (bicyclic) bond motifs is 3. The summed E-state index contributed by atoms with van der Waals surface area (Å²) >= 11 is 0. The van der Waals surface area contributed by atoms with Crippen LogP contribution in [0.4, 0.5) is 10.2 Å². The normalized spacial score (nSPS) is 16.9. The Morgan fingerprint density at radius 1 is 1.25 bits per heavy atom. The van der Waals surface area contributed by atoms with E-state index in [0.717, 1.165) is 22.4 Å². The van der Waals surface area contributed by atoms with E-state index in [1.54, 1.807) is 25.7 Å². The van der Waals surface area contributed by atoms with Gasteiger partial charge in [-0.1, -0.05) is 0 Å². The molecule has 0 unspecified atom stereocenters. The summed E-state index contributed by atoms with van der Waals surface area (Å²) in [5, 5.41) is 16.2. The quantitative estimate of drug-likeness (QED) is 0.526. The summed E-state index contributed by atoms with van der Waals surface area (Å²) in [6.45, 7) is 2.36. The average Bonchev–Trinajstić information content (AvgIpc) is 3.55. The molecule has 4 aromatic rings. The second-order valence-corrected chi connectivity index (χ2v) is 7.89. The van der Waals surface area contributed by atoms with Gasteiger partial charge < -0.3 is 19.5 Å². The predicted octanol–water partition coefficient (Wildman–Crippen LogP) is 2.86. The van der Waals surface area contributed by atoms with Gasteiger partial charge in [-0.3, -0.25) is 9.08 Å². The van der Waals surface area contributed by atoms with Crippen LogP contribution in [0.25, 0.3) is 16.8 Å². The Kier molecular flexibility index (Phi) is 4.46. The van der Waals surface area contributed by atoms with E-state index >= 15 is 0 Å². The standard InChI is InChI=1S/C22H21FN6O3/c1-30-5-4-28-9-13(7-26-28)15-6-19-22(29-12-25-27-21(15)29)24-8-16-17(23)2-3-18-20(16)14(10-31-18)11-32-19/h2-3,6-7,9,12,14,24H,4-5,8,10-11H2,1H3/t14-/m0/s1. The molecule has 5 heterocycles. The summed E-state index contributed by atoms with van der Waals surface area (Å²) < 4.78 is 35.6. The van der Waals surface area contributed by atoms with Crippen LogP contribution >= 0.6 is 0 Å². The zero-order chi connectivity index (χ0) is 21.7. The van der Waals surface area contributed by atoms with E-state index in [0.29, 0.717) is 55.7 Å². The average molecular weight is 436 g/mol. The van der Waals surface area contributed by atoms with Crippen molar-refractivity contribution in [2.75, 3.05) is 32.2 Å². The number of hydrogen-bond acceptors (Lipinski definition) is 7. The molecule has 0 radical (unpaired) electrons. The van der Waals surface area contributed by atoms with Crippen LogP contribution in [0.5, 0.6) is 11.5 Å². The highest BCUT2D eigenvalue weighted by Crippen LogP contribution is 2.41. The molecule has 9 nitrogen and oxygen atoms in total. The van der Waals surface area contributed by atoms with Gasteiger partial charge in [0.2, 0.25) is 0 Å². The molecule has 0 saturated heterocycles. The summed E-state index contributed by atoms with van der Waals surface area (Å²) in [6, 6.07) is 5.08. The summed E-state index contributed by atoms with van der Waals surface area (Å²) in [6.07, 6.45) is 5.36. The number of ether oxygens (including phenoxy) is 3. The molecule has 0 fully saturated rings. The third kappa shape index (κ3) is 2.98. The first-order chi connectivity index (χ1) is 15.7. The zero-order valence-electron chi connectivity index (χ0n) is 17.4. The zero-order valence-corrected chi connectivity index (χ0v) is 17.4. The number of rotatable bonds is 4. The largest absolute Gasteiger partial charge is 0.493 e. The molecular weight excluding hydrogens is 415 g/mol. The van der Waals surface area contributed by atoms with Crippen molar-refractivity contribution in [2.24, 2.45) is 0 Å². The van der Waals surface area contributed by atoms with E-state index < -0.39 is 0 Å². The van der Waals surface area contributed by atoms with Gasteiger partial charge in [-0.2, -0.15) is 5.10 Å². The summed E-state index contributed by atoms with van der Waals surface area (Å²) in [5.74, 6) is 1.74. The van der Waals surface area contributed by atoms with Crippen LogP contribution in [-0.2, 0) is 17.8 Å². The maximum Gasteiger partial charge on any atom is 0.170 e. The van der Waals surface area contributed by atoms with Crippen LogP contribution in [0, 0.1) is 5.82 Å². The lowest BCUT2D eigenvalue weighted by Crippen LogP contribution is -2.13. The molecule has 6 rings (SSSR count). The monoisotopic (exact) mass is 436 g/mol. The molecule has 10 heteroatoms. The highest BCUT2D eigenvalue weighted by molar-refractivity contribution is 5.81. The Morgan fingerprint density at radius 2 is 2.12 bits per heavy atom. The molecule has 1 atom stereocenters. The number of nitrogens with one attached hydrogen (secondary N) is 1. The molecular formula is C22H21FN6O3. The predicted molar refractivity (Wildman–Crippen MR) is 114 cm³/mol. The van der Waals surface area contributed by atoms with Gasteiger partial charge in [-0.15, -0.1) is 10.2 Å². The molecule has 2 aliphatic rings. The van der Waals surface area contributed by atoms with E-state index in [1.807, 2.05) is 21.3 Å². The number of halogens is 1. The Morgan fingerprint density at radius 3 is 3.00 bits per heavy atom. The van der Waals surface area contributed by atoms with Crippen LogP contribution in [-0.4, -0.2) is 51.3 Å². The first kappa shape index (κ1) is 19.1. The first-order valence-corrected chi connectivity index (χ1v) is 10.4. The summed E-state index contributed by atoms with van der Waals surface area (Å²) in [5.41, 5.74) is 3.88. The first-order valence-electron chi connectivity index (χ1n) is 10.4. The van der Waals surface area contributed by atoms with Crippen molar-refractivity contribution in [3.63, 3.8) is 0 Å². The Bertz CT molecular complexity index is 1320. The molecule has 164 valence electrons. The molecule has 0 bridgehead atoms. The van der Waals surface area contributed by atoms with E-state index in [-0.39, 0.29) is 11.7 Å². The molecule has 2 aliphatic heterocycles. The minimum absolute atomic E-state index is 0.0414. The number of pyridine rings is 1. The Balaban J connectivity index is 1.44. The highest BCUT2D eigenvalue weighted by atomic mass is 19.1. The summed E-state index contributed by atoms with van der Waals surface area (Å²) in [7, 11) is 1.66. The molecule has 0 aliphatic carbocycles. The minimum atomic E-state index is -0.254. The van der Waals surface area contributed by atoms with Crippen LogP contribution in [0.15, 0.2) is 36.9 Å². The second kappa shape index (κ2) is 7.49. The van der Waals surface area contributed by atoms with Crippen LogP contribution in [0.1, 0.15) is 17.0 Å². The van der Waals surface area contributed by atoms with Crippen LogP contribution in [0.2, 0.25) is 0 Å². The smallest absolute Gasteiger partial charge is 0.170 e. The van der Waals surface area contributed by atoms with E-state index in [1.165, 1.54) is 6.07 Å². The van der Waals surface area contributed by atoms with Crippen molar-refractivity contribution in [1.29, 1.82) is 0 Å². The lowest BCUT2D eigenvalue weighted by Gasteiger charge is -2.16. The number of nitrogens with zero attached hydrogens (tertiary/aromatic N) is 5. The van der Waals surface area contributed by atoms with E-state index in [4.69, 9.17) is 14.2 Å². The molecule has 3 aromatic heterocycles. The number of anilines is 1. The van der Waals surface area contributed by atoms with E-state index in [2.05, 4.69) is 20.6 Å². The van der Waals surface area contributed by atoms with Crippen molar-refractivity contribution in [3.05, 3.63) is 53.9 Å². The number of benzene rings is 1. The lowest BCUT2D eigenvalue weighted by atomic mass is 9.96. The maximum atomic E-state index is 14.7. The van der Waals surface area contributed by atoms with Crippen molar-refractivity contribution in [2.45, 2.75) is 19.0 Å². The van der Waals surface area contributed by atoms with Crippen LogP contribution in [0.3, 0.4) is 0 Å². The third-order valence-electron chi connectivity index (χ3n) is 5.99. The number of methoxy groups -OCH3 is 1. The second-order valence-electron chi connectivity index (χ2n) is 7.89. The van der Waals surface area contributed by atoms with Gasteiger partial charge in [0.25, 0.3) is 0 Å². The van der Waals surface area contributed by atoms with Gasteiger partial charge in [0.15, 0.2) is 17.2 Å². The lowest BCUT2D eigenvalue weighted by molar-refractivity contribution is 0.183. The molecule has 0 saturated carbocycles. The van der Waals surface area contributed by atoms with Gasteiger partial charge in [0.05, 0.1) is 38.5 Å². The van der Waals surface area contributed by atoms with Gasteiger partial charge >= 0.3 is 0 Å². The fraction of sp³-hybridized carbons (Fsp3) is 0.318. The minimum Gasteiger partial charge on any atom is -0.493 e. The van der Waals surface area contributed by atoms with Gasteiger partial charge in [0, 0.05) is 42.1 Å². The van der Waals surface area contributed by atoms with Gasteiger partial charge in [-0.05, 0) is 18.2 Å². The van der Waals surface area contributed by atoms with Gasteiger partial charge in [-0.25, -0.2) is 4.39 Å². The Labute approximate surface area is 182 Å². The SMILES string of the molecule is COCCn1cc(-c2cc3c(n4cnnc24)NCc2c(F)ccc4c2[C@@H](CO4)CO3)cn1.